The molecule has 9 heteroatoms. The van der Waals surface area contributed by atoms with Gasteiger partial charge in [-0.3, -0.25) is 19.2 Å². The van der Waals surface area contributed by atoms with E-state index in [0.717, 1.165) is 16.7 Å². The molecule has 2 aromatic carbocycles. The molecule has 198 valence electrons. The summed E-state index contributed by atoms with van der Waals surface area (Å²) in [6.07, 6.45) is 2.96. The van der Waals surface area contributed by atoms with Gasteiger partial charge in [-0.05, 0) is 36.1 Å². The van der Waals surface area contributed by atoms with Crippen molar-refractivity contribution in [1.29, 1.82) is 0 Å². The largest absolute Gasteiger partial charge is 0.507 e. The van der Waals surface area contributed by atoms with Crippen LogP contribution in [0.4, 0.5) is 0 Å². The van der Waals surface area contributed by atoms with Gasteiger partial charge < -0.3 is 25.3 Å². The first-order chi connectivity index (χ1) is 18.2. The van der Waals surface area contributed by atoms with Gasteiger partial charge in [0.2, 0.25) is 12.3 Å². The van der Waals surface area contributed by atoms with Crippen molar-refractivity contribution in [3.05, 3.63) is 95.4 Å². The molecular formula is C29H31N3O6. The average Bonchev–Trinajstić information content (AvgIpc) is 3.38. The Bertz CT molecular complexity index is 1280. The number of carboxylic acid groups (broad SMARTS) is 1. The number of nitrogens with one attached hydrogen (secondary N) is 1. The molecule has 0 saturated carbocycles. The third kappa shape index (κ3) is 6.97. The molecule has 0 unspecified atom stereocenters. The first kappa shape index (κ1) is 27.9. The second-order valence-corrected chi connectivity index (χ2v) is 8.85. The monoisotopic (exact) mass is 517 g/mol. The maximum atomic E-state index is 12.8. The summed E-state index contributed by atoms with van der Waals surface area (Å²) in [7, 11) is 0. The summed E-state index contributed by atoms with van der Waals surface area (Å²) < 4.78 is 0. The molecule has 3 rings (SSSR count). The van der Waals surface area contributed by atoms with Gasteiger partial charge in [-0.15, -0.1) is 6.58 Å². The van der Waals surface area contributed by atoms with Crippen LogP contribution in [0.2, 0.25) is 0 Å². The number of amides is 3. The topological polar surface area (TPSA) is 127 Å². The third-order valence-electron chi connectivity index (χ3n) is 6.20. The van der Waals surface area contributed by atoms with Crippen molar-refractivity contribution in [2.75, 3.05) is 19.6 Å². The van der Waals surface area contributed by atoms with E-state index in [1.807, 2.05) is 54.6 Å². The number of aliphatic hydroxyl groups excluding tert-OH is 1. The van der Waals surface area contributed by atoms with E-state index in [4.69, 9.17) is 5.11 Å². The maximum absolute atomic E-state index is 12.8. The Labute approximate surface area is 221 Å². The summed E-state index contributed by atoms with van der Waals surface area (Å²) >= 11 is 0. The molecule has 1 heterocycles. The van der Waals surface area contributed by atoms with Crippen molar-refractivity contribution in [2.45, 2.75) is 26.3 Å². The number of carbonyl (C=O) groups excluding carboxylic acids is 3. The number of aliphatic hydroxyl groups is 1. The highest BCUT2D eigenvalue weighted by Gasteiger charge is 2.32. The van der Waals surface area contributed by atoms with Crippen LogP contribution in [-0.4, -0.2) is 63.8 Å². The van der Waals surface area contributed by atoms with Crippen molar-refractivity contribution in [3.8, 4) is 11.1 Å². The first-order valence-corrected chi connectivity index (χ1v) is 12.1. The third-order valence-corrected chi connectivity index (χ3v) is 6.20. The number of hydrogen-bond donors (Lipinski definition) is 3. The van der Waals surface area contributed by atoms with Gasteiger partial charge in [0.25, 0.3) is 5.91 Å². The summed E-state index contributed by atoms with van der Waals surface area (Å²) in [4.78, 5) is 51.2. The van der Waals surface area contributed by atoms with Gasteiger partial charge in [0.15, 0.2) is 0 Å². The van der Waals surface area contributed by atoms with Crippen molar-refractivity contribution < 1.29 is 29.4 Å². The fraction of sp³-hybridized carbons (Fsp3) is 0.241. The zero-order chi connectivity index (χ0) is 27.7. The summed E-state index contributed by atoms with van der Waals surface area (Å²) in [5.41, 5.74) is 3.36. The lowest BCUT2D eigenvalue weighted by atomic mass is 10.0. The number of benzene rings is 2. The molecule has 0 saturated heterocycles. The van der Waals surface area contributed by atoms with E-state index in [-0.39, 0.29) is 43.1 Å². The highest BCUT2D eigenvalue weighted by Crippen LogP contribution is 2.29. The van der Waals surface area contributed by atoms with Crippen molar-refractivity contribution >= 4 is 24.2 Å². The highest BCUT2D eigenvalue weighted by atomic mass is 16.4. The lowest BCUT2D eigenvalue weighted by molar-refractivity contribution is -0.137. The van der Waals surface area contributed by atoms with E-state index in [9.17, 15) is 24.3 Å². The van der Waals surface area contributed by atoms with Gasteiger partial charge >= 0.3 is 5.97 Å². The Hall–Kier alpha value is -4.66. The smallest absolute Gasteiger partial charge is 0.322 e. The number of rotatable bonds is 12. The van der Waals surface area contributed by atoms with Crippen LogP contribution in [-0.2, 0) is 25.7 Å². The van der Waals surface area contributed by atoms with E-state index in [1.54, 1.807) is 6.08 Å². The lowest BCUT2D eigenvalue weighted by Gasteiger charge is -2.22. The molecule has 1 aliphatic heterocycles. The molecule has 3 N–H and O–H groups in total. The second-order valence-electron chi connectivity index (χ2n) is 8.85. The zero-order valence-corrected chi connectivity index (χ0v) is 21.2. The van der Waals surface area contributed by atoms with Crippen LogP contribution in [0.5, 0.6) is 0 Å². The molecule has 1 aliphatic rings. The molecule has 3 amide bonds. The molecule has 0 radical (unpaired) electrons. The van der Waals surface area contributed by atoms with E-state index >= 15 is 0 Å². The van der Waals surface area contributed by atoms with Gasteiger partial charge in [0.05, 0.1) is 25.2 Å². The molecule has 38 heavy (non-hydrogen) atoms. The molecule has 0 aliphatic carbocycles. The minimum absolute atomic E-state index is 0.00487. The van der Waals surface area contributed by atoms with Crippen molar-refractivity contribution in [3.63, 3.8) is 0 Å². The number of hydrogen-bond acceptors (Lipinski definition) is 5. The van der Waals surface area contributed by atoms with Gasteiger partial charge in [0, 0.05) is 17.7 Å². The minimum Gasteiger partial charge on any atom is -0.507 e. The Morgan fingerprint density at radius 2 is 1.76 bits per heavy atom. The Balaban J connectivity index is 1.95. The number of nitrogens with zero attached hydrogens (tertiary/aromatic N) is 2. The van der Waals surface area contributed by atoms with Crippen LogP contribution in [0, 0.1) is 0 Å². The summed E-state index contributed by atoms with van der Waals surface area (Å²) in [5.74, 6) is -2.57. The van der Waals surface area contributed by atoms with E-state index in [2.05, 4.69) is 11.9 Å². The minimum atomic E-state index is -1.23. The van der Waals surface area contributed by atoms with Gasteiger partial charge in [-0.1, -0.05) is 54.6 Å². The van der Waals surface area contributed by atoms with E-state index in [0.29, 0.717) is 18.5 Å². The zero-order valence-electron chi connectivity index (χ0n) is 21.2. The molecule has 0 spiro atoms. The Kier molecular flexibility index (Phi) is 9.59. The van der Waals surface area contributed by atoms with Crippen LogP contribution in [0.15, 0.2) is 89.9 Å². The fourth-order valence-corrected chi connectivity index (χ4v) is 4.15. The molecule has 0 fully saturated rings. The van der Waals surface area contributed by atoms with E-state index < -0.39 is 24.2 Å². The number of aliphatic carboxylic acids is 1. The van der Waals surface area contributed by atoms with Gasteiger partial charge in [0.1, 0.15) is 12.3 Å². The molecule has 0 aromatic heterocycles. The molecule has 9 nitrogen and oxygen atoms in total. The van der Waals surface area contributed by atoms with Crippen molar-refractivity contribution in [2.24, 2.45) is 0 Å². The van der Waals surface area contributed by atoms with Gasteiger partial charge in [-0.2, -0.15) is 0 Å². The molecule has 0 bridgehead atoms. The Morgan fingerprint density at radius 1 is 1.05 bits per heavy atom. The predicted molar refractivity (Wildman–Crippen MR) is 142 cm³/mol. The number of allylic oxidation sites excluding steroid dienone is 1. The normalized spacial score (nSPS) is 13.6. The summed E-state index contributed by atoms with van der Waals surface area (Å²) in [5, 5.41) is 22.1. The predicted octanol–water partition coefficient (Wildman–Crippen LogP) is 3.41. The molecule has 0 atom stereocenters. The molecule has 2 aromatic rings. The summed E-state index contributed by atoms with van der Waals surface area (Å²) in [6, 6.07) is 17.5. The van der Waals surface area contributed by atoms with Crippen LogP contribution < -0.4 is 5.32 Å². The fourth-order valence-electron chi connectivity index (χ4n) is 4.15. The number of carbonyl (C=O) groups is 4. The van der Waals surface area contributed by atoms with Crippen LogP contribution in [0.25, 0.3) is 11.1 Å². The Morgan fingerprint density at radius 3 is 2.42 bits per heavy atom. The molecular weight excluding hydrogens is 486 g/mol. The quantitative estimate of drug-likeness (QED) is 0.171. The maximum Gasteiger partial charge on any atom is 0.322 e. The number of carboxylic acids is 1. The van der Waals surface area contributed by atoms with Crippen molar-refractivity contribution in [1.82, 2.24) is 15.1 Å². The van der Waals surface area contributed by atoms with E-state index in [1.165, 1.54) is 16.7 Å². The highest BCUT2D eigenvalue weighted by molar-refractivity contribution is 5.95. The average molecular weight is 518 g/mol. The van der Waals surface area contributed by atoms with Crippen LogP contribution >= 0.6 is 0 Å². The summed E-state index contributed by atoms with van der Waals surface area (Å²) in [6.45, 7) is 4.62. The SMILES string of the molecule is C=CCCC(=O)N1CC(/C(O)=C(\C)C(=O)NCC(=O)O)=C(N(C=O)Cc2cccc(-c3ccccc3)c2)C1. The van der Waals surface area contributed by atoms with Crippen LogP contribution in [0.1, 0.15) is 25.3 Å². The lowest BCUT2D eigenvalue weighted by Crippen LogP contribution is -2.32. The van der Waals surface area contributed by atoms with Gasteiger partial charge in [-0.25, -0.2) is 0 Å². The second kappa shape index (κ2) is 13.0. The van der Waals surface area contributed by atoms with Crippen LogP contribution in [0.3, 0.4) is 0 Å². The standard InChI is InChI=1S/C29H31N3O6/c1-3-4-13-26(34)31-17-24(28(37)20(2)29(38)30-15-27(35)36)25(18-31)32(19-33)16-21-9-8-12-23(14-21)22-10-6-5-7-11-22/h3,5-12,14,19,37H,1,4,13,15-18H2,2H3,(H,30,38)(H,35,36)/b28-20-. The first-order valence-electron chi connectivity index (χ1n) is 12.1.